The van der Waals surface area contributed by atoms with E-state index in [-0.39, 0.29) is 0 Å². The van der Waals surface area contributed by atoms with Crippen molar-refractivity contribution in [2.24, 2.45) is 0 Å². The lowest BCUT2D eigenvalue weighted by atomic mass is 10.3. The molecule has 0 aromatic heterocycles. The summed E-state index contributed by atoms with van der Waals surface area (Å²) >= 11 is 0. The Morgan fingerprint density at radius 1 is 0.944 bits per heavy atom. The SMILES string of the molecule is C#CC(O)Oc1cccc(Oc2ccccc2)c1. The first-order valence-corrected chi connectivity index (χ1v) is 5.42. The largest absolute Gasteiger partial charge is 0.457 e. The van der Waals surface area contributed by atoms with E-state index in [1.807, 2.05) is 30.3 Å². The van der Waals surface area contributed by atoms with Crippen LogP contribution in [0.3, 0.4) is 0 Å². The standard InChI is InChI=1S/C15H12O3/c1-2-15(16)18-14-10-6-9-13(11-14)17-12-7-4-3-5-8-12/h1,3-11,15-16H. The van der Waals surface area contributed by atoms with Gasteiger partial charge in [0.1, 0.15) is 17.2 Å². The lowest BCUT2D eigenvalue weighted by Gasteiger charge is -2.10. The van der Waals surface area contributed by atoms with Gasteiger partial charge in [-0.05, 0) is 30.2 Å². The molecule has 1 unspecified atom stereocenters. The zero-order chi connectivity index (χ0) is 12.8. The average molecular weight is 240 g/mol. The predicted octanol–water partition coefficient (Wildman–Crippen LogP) is 2.81. The third-order valence-electron chi connectivity index (χ3n) is 2.17. The monoisotopic (exact) mass is 240 g/mol. The second-order valence-electron chi connectivity index (χ2n) is 3.53. The zero-order valence-corrected chi connectivity index (χ0v) is 9.61. The Morgan fingerprint density at radius 3 is 2.33 bits per heavy atom. The Kier molecular flexibility index (Phi) is 3.85. The summed E-state index contributed by atoms with van der Waals surface area (Å²) in [5, 5.41) is 9.19. The molecule has 0 saturated carbocycles. The van der Waals surface area contributed by atoms with Crippen LogP contribution in [0.2, 0.25) is 0 Å². The average Bonchev–Trinajstić information content (AvgIpc) is 2.40. The molecule has 90 valence electrons. The second-order valence-corrected chi connectivity index (χ2v) is 3.53. The number of rotatable bonds is 4. The Hall–Kier alpha value is -2.44. The summed E-state index contributed by atoms with van der Waals surface area (Å²) in [6.45, 7) is 0. The number of para-hydroxylation sites is 1. The quantitative estimate of drug-likeness (QED) is 0.659. The minimum atomic E-state index is -1.25. The highest BCUT2D eigenvalue weighted by atomic mass is 16.6. The molecule has 0 aliphatic heterocycles. The van der Waals surface area contributed by atoms with Crippen LogP contribution in [0.4, 0.5) is 0 Å². The van der Waals surface area contributed by atoms with Gasteiger partial charge < -0.3 is 14.6 Å². The predicted molar refractivity (Wildman–Crippen MR) is 68.4 cm³/mol. The summed E-state index contributed by atoms with van der Waals surface area (Å²) in [5.41, 5.74) is 0. The fourth-order valence-corrected chi connectivity index (χ4v) is 1.40. The molecule has 2 aromatic rings. The van der Waals surface area contributed by atoms with E-state index < -0.39 is 6.29 Å². The molecule has 2 rings (SSSR count). The molecule has 0 amide bonds. The van der Waals surface area contributed by atoms with Gasteiger partial charge in [0.2, 0.25) is 0 Å². The van der Waals surface area contributed by atoms with E-state index in [0.29, 0.717) is 11.5 Å². The maximum absolute atomic E-state index is 9.19. The highest BCUT2D eigenvalue weighted by molar-refractivity contribution is 5.36. The summed E-state index contributed by atoms with van der Waals surface area (Å²) in [6.07, 6.45) is 3.77. The number of benzene rings is 2. The van der Waals surface area contributed by atoms with Crippen molar-refractivity contribution in [3.05, 3.63) is 54.6 Å². The molecule has 1 N–H and O–H groups in total. The molecule has 2 aromatic carbocycles. The van der Waals surface area contributed by atoms with Crippen LogP contribution in [-0.4, -0.2) is 11.4 Å². The number of terminal acetylenes is 1. The summed E-state index contributed by atoms with van der Waals surface area (Å²) < 4.78 is 10.7. The van der Waals surface area contributed by atoms with Gasteiger partial charge in [0.25, 0.3) is 6.29 Å². The van der Waals surface area contributed by atoms with Gasteiger partial charge in [-0.25, -0.2) is 0 Å². The molecule has 0 heterocycles. The Balaban J connectivity index is 2.11. The van der Waals surface area contributed by atoms with Gasteiger partial charge in [0, 0.05) is 6.07 Å². The first-order valence-electron chi connectivity index (χ1n) is 5.42. The van der Waals surface area contributed by atoms with Gasteiger partial charge in [-0.2, -0.15) is 0 Å². The van der Waals surface area contributed by atoms with E-state index in [4.69, 9.17) is 15.9 Å². The van der Waals surface area contributed by atoms with Gasteiger partial charge in [0.15, 0.2) is 0 Å². The maximum Gasteiger partial charge on any atom is 0.262 e. The van der Waals surface area contributed by atoms with Crippen LogP contribution in [0.1, 0.15) is 0 Å². The molecule has 0 spiro atoms. The van der Waals surface area contributed by atoms with E-state index in [1.54, 1.807) is 24.3 Å². The molecule has 0 bridgehead atoms. The lowest BCUT2D eigenvalue weighted by Crippen LogP contribution is -2.11. The fourth-order valence-electron chi connectivity index (χ4n) is 1.40. The fraction of sp³-hybridized carbons (Fsp3) is 0.0667. The molecular formula is C15H12O3. The summed E-state index contributed by atoms with van der Waals surface area (Å²) in [4.78, 5) is 0. The van der Waals surface area contributed by atoms with Gasteiger partial charge in [0.05, 0.1) is 0 Å². The highest BCUT2D eigenvalue weighted by Crippen LogP contribution is 2.25. The molecule has 0 fully saturated rings. The topological polar surface area (TPSA) is 38.7 Å². The summed E-state index contributed by atoms with van der Waals surface area (Å²) in [6, 6.07) is 16.3. The third kappa shape index (κ3) is 3.27. The van der Waals surface area contributed by atoms with Crippen molar-refractivity contribution >= 4 is 0 Å². The minimum absolute atomic E-state index is 0.453. The van der Waals surface area contributed by atoms with Gasteiger partial charge in [-0.1, -0.05) is 24.3 Å². The molecular weight excluding hydrogens is 228 g/mol. The van der Waals surface area contributed by atoms with Crippen LogP contribution in [-0.2, 0) is 0 Å². The van der Waals surface area contributed by atoms with Crippen molar-refractivity contribution in [2.75, 3.05) is 0 Å². The summed E-state index contributed by atoms with van der Waals surface area (Å²) in [5.74, 6) is 3.87. The van der Waals surface area contributed by atoms with Crippen LogP contribution in [0, 0.1) is 12.3 Å². The van der Waals surface area contributed by atoms with Crippen molar-refractivity contribution in [2.45, 2.75) is 6.29 Å². The first kappa shape index (κ1) is 12.0. The smallest absolute Gasteiger partial charge is 0.262 e. The molecule has 3 nitrogen and oxygen atoms in total. The van der Waals surface area contributed by atoms with Crippen LogP contribution >= 0.6 is 0 Å². The molecule has 3 heteroatoms. The van der Waals surface area contributed by atoms with E-state index >= 15 is 0 Å². The van der Waals surface area contributed by atoms with E-state index in [1.165, 1.54) is 0 Å². The van der Waals surface area contributed by atoms with Crippen molar-refractivity contribution in [3.8, 4) is 29.6 Å². The number of aliphatic hydroxyl groups is 1. The van der Waals surface area contributed by atoms with Crippen LogP contribution < -0.4 is 9.47 Å². The Labute approximate surface area is 106 Å². The molecule has 0 aliphatic rings. The van der Waals surface area contributed by atoms with Gasteiger partial charge in [-0.3, -0.25) is 0 Å². The zero-order valence-electron chi connectivity index (χ0n) is 9.61. The highest BCUT2D eigenvalue weighted by Gasteiger charge is 2.03. The van der Waals surface area contributed by atoms with Crippen molar-refractivity contribution < 1.29 is 14.6 Å². The number of hydrogen-bond acceptors (Lipinski definition) is 3. The van der Waals surface area contributed by atoms with Crippen molar-refractivity contribution in [3.63, 3.8) is 0 Å². The van der Waals surface area contributed by atoms with E-state index in [0.717, 1.165) is 5.75 Å². The second kappa shape index (κ2) is 5.76. The van der Waals surface area contributed by atoms with Crippen LogP contribution in [0.15, 0.2) is 54.6 Å². The molecule has 0 aliphatic carbocycles. The van der Waals surface area contributed by atoms with Crippen molar-refractivity contribution in [1.29, 1.82) is 0 Å². The number of aliphatic hydroxyl groups excluding tert-OH is 1. The molecule has 18 heavy (non-hydrogen) atoms. The normalized spacial score (nSPS) is 11.3. The Morgan fingerprint density at radius 2 is 1.61 bits per heavy atom. The van der Waals surface area contributed by atoms with Crippen molar-refractivity contribution in [1.82, 2.24) is 0 Å². The Bertz CT molecular complexity index is 543. The number of hydrogen-bond donors (Lipinski definition) is 1. The van der Waals surface area contributed by atoms with E-state index in [9.17, 15) is 5.11 Å². The lowest BCUT2D eigenvalue weighted by molar-refractivity contribution is 0.0332. The third-order valence-corrected chi connectivity index (χ3v) is 2.17. The molecule has 0 saturated heterocycles. The van der Waals surface area contributed by atoms with Crippen LogP contribution in [0.25, 0.3) is 0 Å². The number of ether oxygens (including phenoxy) is 2. The first-order chi connectivity index (χ1) is 8.78. The minimum Gasteiger partial charge on any atom is -0.457 e. The van der Waals surface area contributed by atoms with E-state index in [2.05, 4.69) is 5.92 Å². The van der Waals surface area contributed by atoms with Gasteiger partial charge >= 0.3 is 0 Å². The molecule has 0 radical (unpaired) electrons. The summed E-state index contributed by atoms with van der Waals surface area (Å²) in [7, 11) is 0. The molecule has 1 atom stereocenters. The van der Waals surface area contributed by atoms with Gasteiger partial charge in [-0.15, -0.1) is 6.42 Å². The maximum atomic E-state index is 9.19. The van der Waals surface area contributed by atoms with Crippen LogP contribution in [0.5, 0.6) is 17.2 Å².